The molecule has 3 aliphatic rings. The first-order chi connectivity index (χ1) is 34.0. The van der Waals surface area contributed by atoms with Gasteiger partial charge in [0, 0.05) is 83.4 Å². The van der Waals surface area contributed by atoms with E-state index in [1.807, 2.05) is 73.1 Å². The minimum atomic E-state index is -0.986. The molecule has 3 fully saturated rings. The number of likely N-dealkylation sites (tertiary alicyclic amines) is 1. The van der Waals surface area contributed by atoms with Crippen molar-refractivity contribution in [2.24, 2.45) is 5.41 Å². The Kier molecular flexibility index (Phi) is 18.6. The van der Waals surface area contributed by atoms with Crippen molar-refractivity contribution in [3.63, 3.8) is 0 Å². The molecule has 4 aromatic rings. The molecule has 71 heavy (non-hydrogen) atoms. The Balaban J connectivity index is 0.725. The van der Waals surface area contributed by atoms with Crippen LogP contribution in [0.2, 0.25) is 0 Å². The van der Waals surface area contributed by atoms with Crippen LogP contribution in [0.3, 0.4) is 0 Å². The van der Waals surface area contributed by atoms with E-state index < -0.39 is 35.4 Å². The number of hydrogen-bond donors (Lipinski definition) is 5. The van der Waals surface area contributed by atoms with E-state index in [2.05, 4.69) is 61.1 Å². The number of aryl methyl sites for hydroxylation is 1. The van der Waals surface area contributed by atoms with E-state index in [-0.39, 0.29) is 83.0 Å². The second-order valence-electron chi connectivity index (χ2n) is 20.4. The number of aliphatic hydroxyl groups is 1. The lowest BCUT2D eigenvalue weighted by atomic mass is 9.85. The molecule has 386 valence electrons. The van der Waals surface area contributed by atoms with E-state index in [9.17, 15) is 29.1 Å². The maximum Gasteiger partial charge on any atom is 0.246 e. The predicted molar refractivity (Wildman–Crippen MR) is 270 cm³/mol. The van der Waals surface area contributed by atoms with Crippen molar-refractivity contribution in [1.29, 1.82) is 0 Å². The number of nitrogens with zero attached hydrogens (tertiary/aromatic N) is 7. The monoisotopic (exact) mass is 1000 g/mol. The number of ether oxygens (including phenoxy) is 2. The van der Waals surface area contributed by atoms with Crippen LogP contribution in [0, 0.1) is 12.3 Å². The van der Waals surface area contributed by atoms with Crippen molar-refractivity contribution in [2.75, 3.05) is 71.0 Å². The maximum atomic E-state index is 14.0. The van der Waals surface area contributed by atoms with Crippen molar-refractivity contribution in [2.45, 2.75) is 129 Å². The van der Waals surface area contributed by atoms with Gasteiger partial charge in [0.05, 0.1) is 42.0 Å². The molecule has 3 aromatic heterocycles. The molecule has 1 saturated carbocycles. The Morgan fingerprint density at radius 3 is 2.31 bits per heavy atom. The van der Waals surface area contributed by atoms with Crippen molar-refractivity contribution >= 4 is 52.2 Å². The zero-order valence-corrected chi connectivity index (χ0v) is 43.0. The fraction of sp³-hybridized carbons (Fsp3) is 0.608. The molecule has 5 amide bonds. The summed E-state index contributed by atoms with van der Waals surface area (Å²) in [6, 6.07) is 8.93. The van der Waals surface area contributed by atoms with Crippen LogP contribution in [0.1, 0.15) is 102 Å². The fourth-order valence-electron chi connectivity index (χ4n) is 9.76. The quantitative estimate of drug-likeness (QED) is 0.0749. The van der Waals surface area contributed by atoms with Gasteiger partial charge in [0.1, 0.15) is 30.5 Å². The molecule has 7 rings (SSSR count). The molecule has 3 unspecified atom stereocenters. The van der Waals surface area contributed by atoms with E-state index in [0.29, 0.717) is 31.1 Å². The predicted octanol–water partition coefficient (Wildman–Crippen LogP) is 3.89. The van der Waals surface area contributed by atoms with Crippen molar-refractivity contribution in [3.05, 3.63) is 65.2 Å². The topological polar surface area (TPSA) is 225 Å². The molecule has 20 heteroatoms. The van der Waals surface area contributed by atoms with Crippen molar-refractivity contribution < 1.29 is 38.6 Å². The second kappa shape index (κ2) is 24.7. The SMILES string of the molecule is Cc1ncsc1-c1ccc(CNC(=O)C2CC(O)CN2C(=O)C(NC(=O)COCCOCCNC(=O)CCC(=O)N2CCN(C3CCC(Nc4ncnn5ccc(C(C)C)c45)CC3)CC2)C(C)(C)C)cc1. The number of nitrogens with one attached hydrogen (secondary N) is 4. The molecule has 0 spiro atoms. The summed E-state index contributed by atoms with van der Waals surface area (Å²) in [5.74, 6) is -0.306. The van der Waals surface area contributed by atoms with Crippen LogP contribution < -0.4 is 21.3 Å². The molecular weight excluding hydrogens is 927 g/mol. The number of piperazine rings is 1. The van der Waals surface area contributed by atoms with Crippen LogP contribution in [0.4, 0.5) is 5.82 Å². The lowest BCUT2D eigenvalue weighted by Crippen LogP contribution is -2.58. The Morgan fingerprint density at radius 2 is 1.62 bits per heavy atom. The molecule has 2 saturated heterocycles. The average molecular weight is 1000 g/mol. The molecule has 0 radical (unpaired) electrons. The number of aliphatic hydroxyl groups excluding tert-OH is 1. The van der Waals surface area contributed by atoms with E-state index in [1.54, 1.807) is 17.7 Å². The van der Waals surface area contributed by atoms with E-state index in [0.717, 1.165) is 71.8 Å². The van der Waals surface area contributed by atoms with Gasteiger partial charge >= 0.3 is 0 Å². The molecule has 1 aromatic carbocycles. The van der Waals surface area contributed by atoms with Gasteiger partial charge in [-0.2, -0.15) is 5.10 Å². The van der Waals surface area contributed by atoms with Crippen LogP contribution in [-0.2, 0) is 40.0 Å². The van der Waals surface area contributed by atoms with Gasteiger partial charge in [-0.3, -0.25) is 28.9 Å². The number of hydrogen-bond acceptors (Lipinski definition) is 14. The van der Waals surface area contributed by atoms with Crippen LogP contribution in [0.25, 0.3) is 16.0 Å². The number of carbonyl (C=O) groups is 5. The van der Waals surface area contributed by atoms with Gasteiger partial charge < -0.3 is 45.6 Å². The smallest absolute Gasteiger partial charge is 0.246 e. The number of rotatable bonds is 21. The summed E-state index contributed by atoms with van der Waals surface area (Å²) in [5.41, 5.74) is 6.27. The Hall–Kier alpha value is -5.54. The molecule has 19 nitrogen and oxygen atoms in total. The normalized spacial score (nSPS) is 20.3. The number of fused-ring (bicyclic) bond motifs is 1. The number of carbonyl (C=O) groups excluding carboxylic acids is 5. The van der Waals surface area contributed by atoms with Gasteiger partial charge in [0.15, 0.2) is 5.82 Å². The van der Waals surface area contributed by atoms with Gasteiger partial charge in [-0.25, -0.2) is 14.5 Å². The fourth-order valence-corrected chi connectivity index (χ4v) is 10.6. The second-order valence-corrected chi connectivity index (χ2v) is 21.2. The highest BCUT2D eigenvalue weighted by Gasteiger charge is 2.44. The molecule has 1 aliphatic carbocycles. The van der Waals surface area contributed by atoms with Gasteiger partial charge in [-0.1, -0.05) is 58.9 Å². The zero-order chi connectivity index (χ0) is 50.7. The van der Waals surface area contributed by atoms with Crippen LogP contribution >= 0.6 is 11.3 Å². The van der Waals surface area contributed by atoms with Crippen LogP contribution in [0.15, 0.2) is 48.4 Å². The van der Waals surface area contributed by atoms with Crippen LogP contribution in [-0.4, -0.2) is 165 Å². The molecule has 5 heterocycles. The molecule has 2 aliphatic heterocycles. The summed E-state index contributed by atoms with van der Waals surface area (Å²) in [4.78, 5) is 81.7. The summed E-state index contributed by atoms with van der Waals surface area (Å²) >= 11 is 1.57. The Morgan fingerprint density at radius 1 is 0.887 bits per heavy atom. The highest BCUT2D eigenvalue weighted by Crippen LogP contribution is 2.31. The summed E-state index contributed by atoms with van der Waals surface area (Å²) < 4.78 is 13.0. The van der Waals surface area contributed by atoms with Gasteiger partial charge in [0.2, 0.25) is 29.5 Å². The standard InChI is InChI=1S/C51H73N11O8S/c1-33(2)40-17-19-62-45(40)48(54-31-56-62)57-37-11-13-38(14-12-37)59-20-22-60(23-21-59)44(66)16-15-42(64)52-18-24-69-25-26-70-30-43(65)58-47(51(4,5)6)50(68)61-29-39(63)27-41(61)49(67)53-28-35-7-9-36(10-8-35)46-34(3)55-32-71-46/h7-10,17,19,31-33,37-39,41,47,63H,11-16,18,20-30H2,1-6H3,(H,52,64)(H,53,67)(H,58,65)(H,54,56,57). The third-order valence-electron chi connectivity index (χ3n) is 13.8. The molecular formula is C51H73N11O8S. The van der Waals surface area contributed by atoms with E-state index in [1.165, 1.54) is 10.5 Å². The first kappa shape index (κ1) is 53.3. The molecule has 3 atom stereocenters. The number of benzene rings is 1. The zero-order valence-electron chi connectivity index (χ0n) is 42.2. The lowest BCUT2D eigenvalue weighted by Gasteiger charge is -2.42. The number of anilines is 1. The van der Waals surface area contributed by atoms with Gasteiger partial charge in [-0.05, 0) is 66.7 Å². The number of amides is 5. The van der Waals surface area contributed by atoms with Crippen molar-refractivity contribution in [1.82, 2.24) is 50.2 Å². The van der Waals surface area contributed by atoms with Crippen molar-refractivity contribution in [3.8, 4) is 10.4 Å². The van der Waals surface area contributed by atoms with E-state index in [4.69, 9.17) is 9.47 Å². The Bertz CT molecular complexity index is 2420. The number of thiazole rings is 1. The lowest BCUT2D eigenvalue weighted by molar-refractivity contribution is -0.144. The highest BCUT2D eigenvalue weighted by molar-refractivity contribution is 7.13. The largest absolute Gasteiger partial charge is 0.391 e. The minimum absolute atomic E-state index is 0.0100. The van der Waals surface area contributed by atoms with Gasteiger partial charge in [0.25, 0.3) is 0 Å². The first-order valence-corrected chi connectivity index (χ1v) is 26.0. The summed E-state index contributed by atoms with van der Waals surface area (Å²) in [6.45, 7) is 15.4. The van der Waals surface area contributed by atoms with E-state index >= 15 is 0 Å². The summed E-state index contributed by atoms with van der Waals surface area (Å²) in [6.07, 6.45) is 7.35. The number of β-amino-alcohol motifs (C(OH)–C–C–N with tert-alkyl or cyclic N) is 1. The number of aromatic nitrogens is 4. The summed E-state index contributed by atoms with van der Waals surface area (Å²) in [7, 11) is 0. The first-order valence-electron chi connectivity index (χ1n) is 25.1. The molecule has 5 N–H and O–H groups in total. The third-order valence-corrected chi connectivity index (χ3v) is 14.8. The Labute approximate surface area is 420 Å². The highest BCUT2D eigenvalue weighted by atomic mass is 32.1. The minimum Gasteiger partial charge on any atom is -0.391 e. The summed E-state index contributed by atoms with van der Waals surface area (Å²) in [5, 5.41) is 27.2. The van der Waals surface area contributed by atoms with Crippen LogP contribution in [0.5, 0.6) is 0 Å². The average Bonchev–Trinajstić information content (AvgIpc) is 4.11. The molecule has 0 bridgehead atoms. The van der Waals surface area contributed by atoms with Gasteiger partial charge in [-0.15, -0.1) is 11.3 Å². The third kappa shape index (κ3) is 14.3. The maximum absolute atomic E-state index is 14.0.